The first-order valence-electron chi connectivity index (χ1n) is 11.6. The monoisotopic (exact) mass is 438 g/mol. The third kappa shape index (κ3) is 3.95. The van der Waals surface area contributed by atoms with Crippen LogP contribution >= 0.6 is 11.6 Å². The summed E-state index contributed by atoms with van der Waals surface area (Å²) in [5, 5.41) is 3.65. The first kappa shape index (κ1) is 21.9. The topological polar surface area (TPSA) is 73.0 Å². The number of carbonyl (C=O) groups is 3. The van der Waals surface area contributed by atoms with E-state index < -0.39 is 5.54 Å². The Morgan fingerprint density at radius 3 is 2.43 bits per heavy atom. The molecule has 2 atom stereocenters. The SMILES string of the molecule is CC(C)N1CC(=O)N(CC2CCC(Cl)CC2)C2(CC(=O)N(C3CCCCN3)C2)C1=O. The van der Waals surface area contributed by atoms with Crippen LogP contribution in [0.25, 0.3) is 0 Å². The van der Waals surface area contributed by atoms with Gasteiger partial charge in [-0.15, -0.1) is 11.6 Å². The average molecular weight is 439 g/mol. The van der Waals surface area contributed by atoms with E-state index in [1.165, 1.54) is 0 Å². The summed E-state index contributed by atoms with van der Waals surface area (Å²) in [5.41, 5.74) is -1.06. The van der Waals surface area contributed by atoms with Crippen molar-refractivity contribution in [1.82, 2.24) is 20.0 Å². The Kier molecular flexibility index (Phi) is 6.31. The number of nitrogens with one attached hydrogen (secondary N) is 1. The molecule has 3 heterocycles. The highest BCUT2D eigenvalue weighted by molar-refractivity contribution is 6.20. The second-order valence-corrected chi connectivity index (χ2v) is 10.5. The van der Waals surface area contributed by atoms with Crippen molar-refractivity contribution in [3.8, 4) is 0 Å². The Morgan fingerprint density at radius 2 is 1.80 bits per heavy atom. The minimum absolute atomic E-state index is 0.0179. The molecule has 0 aromatic heterocycles. The van der Waals surface area contributed by atoms with Crippen molar-refractivity contribution in [1.29, 1.82) is 0 Å². The van der Waals surface area contributed by atoms with Gasteiger partial charge in [-0.1, -0.05) is 0 Å². The minimum atomic E-state index is -1.06. The number of halogens is 1. The largest absolute Gasteiger partial charge is 0.329 e. The Labute approximate surface area is 184 Å². The minimum Gasteiger partial charge on any atom is -0.329 e. The molecule has 168 valence electrons. The molecule has 0 aromatic rings. The quantitative estimate of drug-likeness (QED) is 0.681. The molecule has 1 saturated carbocycles. The molecule has 4 aliphatic rings. The summed E-state index contributed by atoms with van der Waals surface area (Å²) < 4.78 is 0. The number of hydrogen-bond acceptors (Lipinski definition) is 4. The van der Waals surface area contributed by atoms with Gasteiger partial charge in [0.2, 0.25) is 11.8 Å². The number of carbonyl (C=O) groups excluding carboxylic acids is 3. The van der Waals surface area contributed by atoms with Crippen LogP contribution in [0.3, 0.4) is 0 Å². The van der Waals surface area contributed by atoms with Crippen LogP contribution in [0, 0.1) is 5.92 Å². The summed E-state index contributed by atoms with van der Waals surface area (Å²) in [7, 11) is 0. The number of piperazine rings is 1. The van der Waals surface area contributed by atoms with Gasteiger partial charge in [-0.2, -0.15) is 0 Å². The van der Waals surface area contributed by atoms with E-state index >= 15 is 0 Å². The van der Waals surface area contributed by atoms with E-state index in [1.54, 1.807) is 9.80 Å². The molecule has 3 amide bonds. The molecule has 3 aliphatic heterocycles. The average Bonchev–Trinajstić information content (AvgIpc) is 3.08. The van der Waals surface area contributed by atoms with Crippen LogP contribution < -0.4 is 5.32 Å². The van der Waals surface area contributed by atoms with Crippen LogP contribution in [0.2, 0.25) is 0 Å². The van der Waals surface area contributed by atoms with Crippen LogP contribution in [-0.2, 0) is 14.4 Å². The zero-order chi connectivity index (χ0) is 21.5. The van der Waals surface area contributed by atoms with E-state index in [9.17, 15) is 14.4 Å². The number of amides is 3. The molecule has 7 nitrogen and oxygen atoms in total. The van der Waals surface area contributed by atoms with Crippen LogP contribution in [-0.4, -0.2) is 81.7 Å². The number of piperidine rings is 1. The Balaban J connectivity index is 1.61. The van der Waals surface area contributed by atoms with E-state index in [0.717, 1.165) is 51.5 Å². The first-order chi connectivity index (χ1) is 14.3. The summed E-state index contributed by atoms with van der Waals surface area (Å²) in [5.74, 6) is 0.240. The molecule has 30 heavy (non-hydrogen) atoms. The van der Waals surface area contributed by atoms with Gasteiger partial charge >= 0.3 is 0 Å². The molecule has 2 unspecified atom stereocenters. The maximum Gasteiger partial charge on any atom is 0.251 e. The Hall–Kier alpha value is -1.34. The highest BCUT2D eigenvalue weighted by Crippen LogP contribution is 2.39. The fraction of sp³-hybridized carbons (Fsp3) is 0.864. The van der Waals surface area contributed by atoms with Crippen LogP contribution in [0.4, 0.5) is 0 Å². The third-order valence-electron chi connectivity index (χ3n) is 7.48. The summed E-state index contributed by atoms with van der Waals surface area (Å²) in [4.78, 5) is 45.4. The normalized spacial score (nSPS) is 35.8. The van der Waals surface area contributed by atoms with E-state index in [1.807, 2.05) is 18.7 Å². The molecule has 1 aliphatic carbocycles. The van der Waals surface area contributed by atoms with Crippen molar-refractivity contribution in [2.45, 2.75) is 88.3 Å². The van der Waals surface area contributed by atoms with E-state index in [2.05, 4.69) is 5.32 Å². The zero-order valence-corrected chi connectivity index (χ0v) is 19.0. The summed E-state index contributed by atoms with van der Waals surface area (Å²) in [6.45, 7) is 5.74. The number of nitrogens with zero attached hydrogens (tertiary/aromatic N) is 3. The van der Waals surface area contributed by atoms with Crippen LogP contribution in [0.15, 0.2) is 0 Å². The highest BCUT2D eigenvalue weighted by atomic mass is 35.5. The van der Waals surface area contributed by atoms with E-state index in [-0.39, 0.29) is 48.3 Å². The van der Waals surface area contributed by atoms with Gasteiger partial charge in [-0.25, -0.2) is 0 Å². The third-order valence-corrected chi connectivity index (χ3v) is 7.92. The second-order valence-electron chi connectivity index (χ2n) is 9.84. The highest BCUT2D eigenvalue weighted by Gasteiger charge is 2.60. The van der Waals surface area contributed by atoms with Gasteiger partial charge in [-0.3, -0.25) is 19.7 Å². The molecule has 0 radical (unpaired) electrons. The van der Waals surface area contributed by atoms with Crippen molar-refractivity contribution >= 4 is 29.3 Å². The molecule has 8 heteroatoms. The molecule has 3 saturated heterocycles. The lowest BCUT2D eigenvalue weighted by Gasteiger charge is -2.49. The molecule has 1 N–H and O–H groups in total. The fourth-order valence-electron chi connectivity index (χ4n) is 5.67. The van der Waals surface area contributed by atoms with E-state index in [0.29, 0.717) is 19.0 Å². The first-order valence-corrected chi connectivity index (χ1v) is 12.0. The summed E-state index contributed by atoms with van der Waals surface area (Å²) in [6, 6.07) is -0.0656. The van der Waals surface area contributed by atoms with Crippen LogP contribution in [0.5, 0.6) is 0 Å². The Bertz CT molecular complexity index is 688. The van der Waals surface area contributed by atoms with Crippen molar-refractivity contribution in [2.24, 2.45) is 5.92 Å². The lowest BCUT2D eigenvalue weighted by atomic mass is 9.84. The smallest absolute Gasteiger partial charge is 0.251 e. The molecule has 4 fully saturated rings. The Morgan fingerprint density at radius 1 is 1.07 bits per heavy atom. The second kappa shape index (κ2) is 8.65. The van der Waals surface area contributed by atoms with Gasteiger partial charge in [-0.05, 0) is 71.3 Å². The molecular formula is C22H35ClN4O3. The van der Waals surface area contributed by atoms with Crippen molar-refractivity contribution < 1.29 is 14.4 Å². The van der Waals surface area contributed by atoms with Gasteiger partial charge in [0.15, 0.2) is 0 Å². The van der Waals surface area contributed by atoms with Crippen LogP contribution in [0.1, 0.15) is 65.2 Å². The number of hydrogen-bond donors (Lipinski definition) is 1. The zero-order valence-electron chi connectivity index (χ0n) is 18.2. The van der Waals surface area contributed by atoms with Gasteiger partial charge in [0.05, 0.1) is 19.1 Å². The van der Waals surface area contributed by atoms with Crippen molar-refractivity contribution in [3.63, 3.8) is 0 Å². The number of likely N-dealkylation sites (tertiary alicyclic amines) is 1. The van der Waals surface area contributed by atoms with Gasteiger partial charge in [0.1, 0.15) is 12.1 Å². The van der Waals surface area contributed by atoms with Crippen molar-refractivity contribution in [2.75, 3.05) is 26.2 Å². The molecular weight excluding hydrogens is 404 g/mol. The van der Waals surface area contributed by atoms with E-state index in [4.69, 9.17) is 11.6 Å². The maximum absolute atomic E-state index is 13.7. The standard InChI is InChI=1S/C22H35ClN4O3/c1-15(2)25-13-20(29)27(12-16-6-8-17(23)9-7-16)22(21(25)30)11-19(28)26(14-22)18-5-3-4-10-24-18/h15-18,24H,3-14H2,1-2H3. The number of rotatable bonds is 4. The van der Waals surface area contributed by atoms with Crippen molar-refractivity contribution in [3.05, 3.63) is 0 Å². The van der Waals surface area contributed by atoms with Gasteiger partial charge in [0, 0.05) is 18.0 Å². The lowest BCUT2D eigenvalue weighted by Crippen LogP contribution is -2.71. The van der Waals surface area contributed by atoms with Gasteiger partial charge in [0.25, 0.3) is 5.91 Å². The maximum atomic E-state index is 13.7. The predicted molar refractivity (Wildman–Crippen MR) is 115 cm³/mol. The summed E-state index contributed by atoms with van der Waals surface area (Å²) in [6.07, 6.45) is 6.99. The van der Waals surface area contributed by atoms with Gasteiger partial charge < -0.3 is 14.7 Å². The summed E-state index contributed by atoms with van der Waals surface area (Å²) >= 11 is 6.28. The molecule has 0 bridgehead atoms. The number of alkyl halides is 1. The fourth-order valence-corrected chi connectivity index (χ4v) is 5.92. The molecule has 4 rings (SSSR count). The lowest BCUT2D eigenvalue weighted by molar-refractivity contribution is -0.167. The molecule has 1 spiro atoms. The molecule has 0 aromatic carbocycles. The predicted octanol–water partition coefficient (Wildman–Crippen LogP) is 1.93.